The predicted molar refractivity (Wildman–Crippen MR) is 106 cm³/mol. The van der Waals surface area contributed by atoms with Crippen LogP contribution in [-0.4, -0.2) is 42.3 Å². The number of rotatable bonds is 5. The summed E-state index contributed by atoms with van der Waals surface area (Å²) >= 11 is 3.45. The van der Waals surface area contributed by atoms with Gasteiger partial charge >= 0.3 is 11.7 Å². The van der Waals surface area contributed by atoms with E-state index in [0.29, 0.717) is 29.7 Å². The lowest BCUT2D eigenvalue weighted by atomic mass is 10.1. The van der Waals surface area contributed by atoms with Crippen molar-refractivity contribution in [3.8, 4) is 11.5 Å². The maximum Gasteiger partial charge on any atom is 0.341 e. The van der Waals surface area contributed by atoms with Gasteiger partial charge in [-0.2, -0.15) is 0 Å². The summed E-state index contributed by atoms with van der Waals surface area (Å²) in [4.78, 5) is 25.0. The van der Waals surface area contributed by atoms with Gasteiger partial charge in [0.25, 0.3) is 0 Å². The number of carbonyl (C=O) groups is 1. The first-order valence-electron chi connectivity index (χ1n) is 8.58. The number of aliphatic hydroxyl groups excluding tert-OH is 1. The zero-order valence-corrected chi connectivity index (χ0v) is 16.9. The summed E-state index contributed by atoms with van der Waals surface area (Å²) < 4.78 is 11.3. The lowest BCUT2D eigenvalue weighted by molar-refractivity contribution is -0.385. The van der Waals surface area contributed by atoms with E-state index < -0.39 is 17.0 Å². The van der Waals surface area contributed by atoms with E-state index in [-0.39, 0.29) is 22.7 Å². The molecule has 8 nitrogen and oxygen atoms in total. The molecule has 0 aromatic heterocycles. The van der Waals surface area contributed by atoms with Crippen LogP contribution in [0, 0.1) is 17.0 Å². The number of benzene rings is 2. The van der Waals surface area contributed by atoms with Gasteiger partial charge in [-0.05, 0) is 47.0 Å². The first kappa shape index (κ1) is 20.1. The Hall–Kier alpha value is -2.65. The maximum absolute atomic E-state index is 12.2. The van der Waals surface area contributed by atoms with Crippen LogP contribution in [0.4, 0.5) is 11.4 Å². The quantitative estimate of drug-likeness (QED) is 0.419. The summed E-state index contributed by atoms with van der Waals surface area (Å²) in [5.41, 5.74) is 1.37. The maximum atomic E-state index is 12.2. The van der Waals surface area contributed by atoms with Gasteiger partial charge in [-0.15, -0.1) is 0 Å². The molecule has 2 aromatic rings. The normalized spacial score (nSPS) is 16.1. The molecular formula is C19H19BrN2O6. The highest BCUT2D eigenvalue weighted by Gasteiger charge is 2.26. The fourth-order valence-electron chi connectivity index (χ4n) is 3.07. The van der Waals surface area contributed by atoms with Crippen LogP contribution in [0.3, 0.4) is 0 Å². The van der Waals surface area contributed by atoms with Crippen molar-refractivity contribution >= 4 is 33.3 Å². The summed E-state index contributed by atoms with van der Waals surface area (Å²) in [6, 6.07) is 7.77. The molecule has 28 heavy (non-hydrogen) atoms. The van der Waals surface area contributed by atoms with Crippen molar-refractivity contribution in [2.24, 2.45) is 0 Å². The van der Waals surface area contributed by atoms with E-state index in [0.717, 1.165) is 5.56 Å². The van der Waals surface area contributed by atoms with Gasteiger partial charge < -0.3 is 19.5 Å². The first-order chi connectivity index (χ1) is 13.3. The first-order valence-corrected chi connectivity index (χ1v) is 9.37. The van der Waals surface area contributed by atoms with Crippen LogP contribution < -0.4 is 9.64 Å². The number of nitrogens with zero attached hydrogens (tertiary/aromatic N) is 2. The number of methoxy groups -OCH3 is 1. The third kappa shape index (κ3) is 4.10. The third-order valence-corrected chi connectivity index (χ3v) is 5.12. The van der Waals surface area contributed by atoms with E-state index in [1.165, 1.54) is 19.2 Å². The minimum atomic E-state index is -0.626. The topological polar surface area (TPSA) is 102 Å². The highest BCUT2D eigenvalue weighted by atomic mass is 79.9. The van der Waals surface area contributed by atoms with Crippen molar-refractivity contribution in [2.45, 2.75) is 19.4 Å². The third-order valence-electron chi connectivity index (χ3n) is 4.49. The van der Waals surface area contributed by atoms with Crippen LogP contribution in [0.5, 0.6) is 11.5 Å². The minimum absolute atomic E-state index is 0.0236. The monoisotopic (exact) mass is 450 g/mol. The molecule has 1 atom stereocenters. The number of aryl methyl sites for hydroxylation is 1. The van der Waals surface area contributed by atoms with E-state index >= 15 is 0 Å². The molecule has 0 spiro atoms. The standard InChI is InChI=1S/C19H19BrN2O6/c1-11-3-4-17(16(7-11)22(25)26)28-18-9-15(21-6-5-12(23)10-21)14(20)8-13(18)19(24)27-2/h3-4,7-9,12,23H,5-6,10H2,1-2H3/t12-/m1/s1. The predicted octanol–water partition coefficient (Wildman–Crippen LogP) is 3.82. The van der Waals surface area contributed by atoms with Crippen LogP contribution in [-0.2, 0) is 4.74 Å². The van der Waals surface area contributed by atoms with Crippen molar-refractivity contribution < 1.29 is 24.3 Å². The van der Waals surface area contributed by atoms with Crippen LogP contribution >= 0.6 is 15.9 Å². The Morgan fingerprint density at radius 3 is 2.68 bits per heavy atom. The molecule has 1 fully saturated rings. The molecule has 2 aromatic carbocycles. The number of aliphatic hydroxyl groups is 1. The number of carbonyl (C=O) groups excluding carboxylic acids is 1. The Morgan fingerprint density at radius 1 is 1.32 bits per heavy atom. The summed E-state index contributed by atoms with van der Waals surface area (Å²) in [5, 5.41) is 21.2. The molecule has 1 aliphatic heterocycles. The Labute approximate surface area is 170 Å². The van der Waals surface area contributed by atoms with Crippen LogP contribution in [0.2, 0.25) is 0 Å². The molecule has 1 heterocycles. The number of nitro benzene ring substituents is 1. The molecule has 0 amide bonds. The smallest absolute Gasteiger partial charge is 0.341 e. The van der Waals surface area contributed by atoms with Crippen molar-refractivity contribution in [3.63, 3.8) is 0 Å². The minimum Gasteiger partial charge on any atom is -0.465 e. The van der Waals surface area contributed by atoms with Gasteiger partial charge in [-0.3, -0.25) is 10.1 Å². The van der Waals surface area contributed by atoms with E-state index in [4.69, 9.17) is 9.47 Å². The molecule has 9 heteroatoms. The van der Waals surface area contributed by atoms with Gasteiger partial charge in [0.1, 0.15) is 11.3 Å². The molecule has 3 rings (SSSR count). The molecule has 1 N–H and O–H groups in total. The second-order valence-corrected chi connectivity index (χ2v) is 7.36. The van der Waals surface area contributed by atoms with E-state index in [1.54, 1.807) is 25.1 Å². The number of esters is 1. The lowest BCUT2D eigenvalue weighted by Crippen LogP contribution is -2.22. The zero-order chi connectivity index (χ0) is 20.4. The SMILES string of the molecule is COC(=O)c1cc(Br)c(N2CC[C@@H](O)C2)cc1Oc1ccc(C)cc1[N+](=O)[O-]. The average molecular weight is 451 g/mol. The lowest BCUT2D eigenvalue weighted by Gasteiger charge is -2.21. The van der Waals surface area contributed by atoms with Gasteiger partial charge in [0, 0.05) is 29.7 Å². The Bertz CT molecular complexity index is 933. The van der Waals surface area contributed by atoms with Crippen LogP contribution in [0.15, 0.2) is 34.8 Å². The number of halogens is 1. The average Bonchev–Trinajstić information content (AvgIpc) is 3.09. The van der Waals surface area contributed by atoms with Crippen molar-refractivity contribution in [3.05, 3.63) is 56.0 Å². The summed E-state index contributed by atoms with van der Waals surface area (Å²) in [7, 11) is 1.25. The number of anilines is 1. The summed E-state index contributed by atoms with van der Waals surface area (Å²) in [5.74, 6) is -0.465. The number of hydrogen-bond donors (Lipinski definition) is 1. The largest absolute Gasteiger partial charge is 0.465 e. The van der Waals surface area contributed by atoms with E-state index in [1.807, 2.05) is 4.90 Å². The fraction of sp³-hybridized carbons (Fsp3) is 0.316. The Morgan fingerprint density at radius 2 is 2.07 bits per heavy atom. The van der Waals surface area contributed by atoms with Crippen LogP contribution in [0.1, 0.15) is 22.3 Å². The second-order valence-electron chi connectivity index (χ2n) is 6.51. The highest BCUT2D eigenvalue weighted by Crippen LogP contribution is 2.40. The van der Waals surface area contributed by atoms with E-state index in [9.17, 15) is 20.0 Å². The molecule has 1 aliphatic rings. The molecule has 0 bridgehead atoms. The van der Waals surface area contributed by atoms with Gasteiger partial charge in [-0.1, -0.05) is 6.07 Å². The van der Waals surface area contributed by atoms with Gasteiger partial charge in [0.05, 0.1) is 23.8 Å². The number of ether oxygens (including phenoxy) is 2. The van der Waals surface area contributed by atoms with Gasteiger partial charge in [-0.25, -0.2) is 4.79 Å². The fourth-order valence-corrected chi connectivity index (χ4v) is 3.67. The Kier molecular flexibility index (Phi) is 5.85. The Balaban J connectivity index is 2.08. The van der Waals surface area contributed by atoms with Crippen molar-refractivity contribution in [1.29, 1.82) is 0 Å². The summed E-state index contributed by atoms with van der Waals surface area (Å²) in [6.45, 7) is 2.83. The van der Waals surface area contributed by atoms with Crippen LogP contribution in [0.25, 0.3) is 0 Å². The number of β-amino-alcohol motifs (C(OH)–C–C–N with tert-alkyl or cyclic N) is 1. The highest BCUT2D eigenvalue weighted by molar-refractivity contribution is 9.10. The molecular weight excluding hydrogens is 432 g/mol. The molecule has 0 unspecified atom stereocenters. The van der Waals surface area contributed by atoms with Crippen molar-refractivity contribution in [2.75, 3.05) is 25.1 Å². The number of nitro groups is 1. The second kappa shape index (κ2) is 8.15. The molecule has 0 radical (unpaired) electrons. The molecule has 1 saturated heterocycles. The van der Waals surface area contributed by atoms with E-state index in [2.05, 4.69) is 15.9 Å². The zero-order valence-electron chi connectivity index (χ0n) is 15.3. The van der Waals surface area contributed by atoms with Gasteiger partial charge in [0.15, 0.2) is 0 Å². The molecule has 0 aliphatic carbocycles. The summed E-state index contributed by atoms with van der Waals surface area (Å²) in [6.07, 6.45) is 0.194. The molecule has 0 saturated carbocycles. The van der Waals surface area contributed by atoms with Gasteiger partial charge in [0.2, 0.25) is 5.75 Å². The number of hydrogen-bond acceptors (Lipinski definition) is 7. The molecule has 148 valence electrons. The van der Waals surface area contributed by atoms with Crippen molar-refractivity contribution in [1.82, 2.24) is 0 Å².